The first-order valence-electron chi connectivity index (χ1n) is 4.85. The van der Waals surface area contributed by atoms with Crippen molar-refractivity contribution in [2.75, 3.05) is 6.61 Å². The summed E-state index contributed by atoms with van der Waals surface area (Å²) in [5, 5.41) is 0. The summed E-state index contributed by atoms with van der Waals surface area (Å²) in [6.45, 7) is 4.75. The zero-order valence-electron chi connectivity index (χ0n) is 8.71. The fourth-order valence-electron chi connectivity index (χ4n) is 1.17. The molecule has 0 radical (unpaired) electrons. The second-order valence-corrected chi connectivity index (χ2v) is 6.05. The van der Waals surface area contributed by atoms with E-state index in [4.69, 9.17) is 39.5 Å². The van der Waals surface area contributed by atoms with E-state index in [1.54, 1.807) is 0 Å². The van der Waals surface area contributed by atoms with E-state index >= 15 is 0 Å². The highest BCUT2D eigenvalue weighted by Crippen LogP contribution is 2.30. The molecular formula is C10H14Cl3NO. The second kappa shape index (κ2) is 5.42. The van der Waals surface area contributed by atoms with Gasteiger partial charge in [-0.2, -0.15) is 0 Å². The molecule has 0 spiro atoms. The summed E-state index contributed by atoms with van der Waals surface area (Å²) in [5.41, 5.74) is 0. The van der Waals surface area contributed by atoms with Crippen molar-refractivity contribution in [2.45, 2.75) is 30.1 Å². The van der Waals surface area contributed by atoms with Crippen LogP contribution in [0.25, 0.3) is 0 Å². The summed E-state index contributed by atoms with van der Waals surface area (Å²) < 4.78 is 3.65. The maximum absolute atomic E-state index is 5.69. The lowest BCUT2D eigenvalue weighted by molar-refractivity contribution is 0.264. The van der Waals surface area contributed by atoms with Crippen LogP contribution in [0, 0.1) is 5.92 Å². The van der Waals surface area contributed by atoms with Crippen LogP contribution in [0.4, 0.5) is 0 Å². The third kappa shape index (κ3) is 4.62. The van der Waals surface area contributed by atoms with Gasteiger partial charge >= 0.3 is 0 Å². The van der Waals surface area contributed by atoms with Crippen LogP contribution in [0.3, 0.4) is 0 Å². The number of nitrogens with zero attached hydrogens (tertiary/aromatic N) is 1. The molecular weight excluding hydrogens is 256 g/mol. The molecule has 86 valence electrons. The van der Waals surface area contributed by atoms with Gasteiger partial charge in [0.05, 0.1) is 12.6 Å². The summed E-state index contributed by atoms with van der Waals surface area (Å²) in [4.78, 5) is 4.24. The first-order valence-corrected chi connectivity index (χ1v) is 5.99. The molecule has 0 bridgehead atoms. The van der Waals surface area contributed by atoms with Crippen LogP contribution >= 0.6 is 34.8 Å². The largest absolute Gasteiger partial charge is 0.478 e. The molecule has 0 aromatic carbocycles. The molecule has 0 aromatic heterocycles. The fourth-order valence-corrected chi connectivity index (χ4v) is 1.48. The van der Waals surface area contributed by atoms with E-state index < -0.39 is 3.79 Å². The van der Waals surface area contributed by atoms with E-state index in [-0.39, 0.29) is 11.9 Å². The molecule has 0 fully saturated rings. The fraction of sp³-hybridized carbons (Fsp3) is 0.700. The Labute approximate surface area is 105 Å². The first kappa shape index (κ1) is 13.1. The maximum atomic E-state index is 5.69. The molecule has 1 rings (SSSR count). The zero-order chi connectivity index (χ0) is 11.5. The van der Waals surface area contributed by atoms with Crippen LogP contribution in [0.1, 0.15) is 20.3 Å². The molecule has 1 atom stereocenters. The van der Waals surface area contributed by atoms with Crippen molar-refractivity contribution in [1.29, 1.82) is 0 Å². The Hall–Kier alpha value is 0.0800. The minimum absolute atomic E-state index is 0.0618. The highest BCUT2D eigenvalue weighted by molar-refractivity contribution is 6.76. The van der Waals surface area contributed by atoms with Crippen LogP contribution < -0.4 is 0 Å². The number of hydrogen-bond donors (Lipinski definition) is 0. The van der Waals surface area contributed by atoms with Crippen LogP contribution in [-0.2, 0) is 4.74 Å². The normalized spacial score (nSPS) is 23.1. The minimum atomic E-state index is -1.55. The van der Waals surface area contributed by atoms with E-state index in [0.717, 1.165) is 6.42 Å². The van der Waals surface area contributed by atoms with Gasteiger partial charge in [-0.1, -0.05) is 60.8 Å². The molecule has 1 heterocycles. The Balaban J connectivity index is 2.69. The lowest BCUT2D eigenvalue weighted by Gasteiger charge is -2.23. The number of aliphatic imine (C=N–C) groups is 1. The summed E-state index contributed by atoms with van der Waals surface area (Å²) in [6.07, 6.45) is 4.95. The standard InChI is InChI=1S/C10H14Cl3NO/c1-7(2)3-4-8-5-6-15-9(14-8)10(11,12)13/h3-4,7-8H,5-6H2,1-2H3/b4-3+. The van der Waals surface area contributed by atoms with Crippen LogP contribution in [0.2, 0.25) is 0 Å². The van der Waals surface area contributed by atoms with Crippen molar-refractivity contribution in [3.63, 3.8) is 0 Å². The van der Waals surface area contributed by atoms with E-state index in [2.05, 4.69) is 24.9 Å². The minimum Gasteiger partial charge on any atom is -0.478 e. The second-order valence-electron chi connectivity index (χ2n) is 3.77. The van der Waals surface area contributed by atoms with Crippen molar-refractivity contribution in [3.8, 4) is 0 Å². The van der Waals surface area contributed by atoms with E-state index in [1.807, 2.05) is 6.08 Å². The molecule has 0 saturated heterocycles. The number of allylic oxidation sites excluding steroid dienone is 1. The Morgan fingerprint density at radius 2 is 2.13 bits per heavy atom. The number of hydrogen-bond acceptors (Lipinski definition) is 2. The Kier molecular flexibility index (Phi) is 4.75. The Morgan fingerprint density at radius 3 is 2.67 bits per heavy atom. The average molecular weight is 271 g/mol. The summed E-state index contributed by atoms with van der Waals surface area (Å²) >= 11 is 17.1. The number of alkyl halides is 3. The molecule has 1 unspecified atom stereocenters. The number of ether oxygens (including phenoxy) is 1. The van der Waals surface area contributed by atoms with Gasteiger partial charge in [0.2, 0.25) is 5.90 Å². The van der Waals surface area contributed by atoms with Gasteiger partial charge in [0, 0.05) is 6.42 Å². The molecule has 2 nitrogen and oxygen atoms in total. The molecule has 1 aliphatic rings. The predicted octanol–water partition coefficient (Wildman–Crippen LogP) is 3.76. The van der Waals surface area contributed by atoms with E-state index in [9.17, 15) is 0 Å². The number of rotatable bonds is 2. The molecule has 0 saturated carbocycles. The van der Waals surface area contributed by atoms with Gasteiger partial charge in [0.15, 0.2) is 0 Å². The topological polar surface area (TPSA) is 21.6 Å². The van der Waals surface area contributed by atoms with Crippen LogP contribution in [0.5, 0.6) is 0 Å². The predicted molar refractivity (Wildman–Crippen MR) is 66.1 cm³/mol. The lowest BCUT2D eigenvalue weighted by atomic mass is 10.1. The highest BCUT2D eigenvalue weighted by Gasteiger charge is 2.32. The third-order valence-corrected chi connectivity index (χ3v) is 2.38. The van der Waals surface area contributed by atoms with Gasteiger partial charge in [-0.15, -0.1) is 0 Å². The van der Waals surface area contributed by atoms with Gasteiger partial charge in [-0.25, -0.2) is 4.99 Å². The monoisotopic (exact) mass is 269 g/mol. The Bertz CT molecular complexity index is 268. The van der Waals surface area contributed by atoms with Gasteiger partial charge in [-0.05, 0) is 5.92 Å². The zero-order valence-corrected chi connectivity index (χ0v) is 11.0. The molecule has 0 amide bonds. The molecule has 0 N–H and O–H groups in total. The quantitative estimate of drug-likeness (QED) is 0.553. The Morgan fingerprint density at radius 1 is 1.47 bits per heavy atom. The van der Waals surface area contributed by atoms with Gasteiger partial charge in [0.1, 0.15) is 0 Å². The lowest BCUT2D eigenvalue weighted by Crippen LogP contribution is -2.29. The third-order valence-electron chi connectivity index (χ3n) is 1.90. The van der Waals surface area contributed by atoms with Crippen LogP contribution in [0.15, 0.2) is 17.1 Å². The highest BCUT2D eigenvalue weighted by atomic mass is 35.6. The van der Waals surface area contributed by atoms with E-state index in [1.165, 1.54) is 0 Å². The number of halogens is 3. The van der Waals surface area contributed by atoms with Gasteiger partial charge in [0.25, 0.3) is 3.79 Å². The van der Waals surface area contributed by atoms with Crippen molar-refractivity contribution in [1.82, 2.24) is 0 Å². The summed E-state index contributed by atoms with van der Waals surface area (Å²) in [5.74, 6) is 0.691. The first-order chi connectivity index (χ1) is 6.89. The van der Waals surface area contributed by atoms with Crippen LogP contribution in [-0.4, -0.2) is 22.3 Å². The van der Waals surface area contributed by atoms with Gasteiger partial charge < -0.3 is 4.74 Å². The molecule has 0 aliphatic carbocycles. The van der Waals surface area contributed by atoms with Crippen molar-refractivity contribution in [3.05, 3.63) is 12.2 Å². The smallest absolute Gasteiger partial charge is 0.266 e. The molecule has 0 aromatic rings. The van der Waals surface area contributed by atoms with Crippen molar-refractivity contribution in [2.24, 2.45) is 10.9 Å². The average Bonchev–Trinajstić information content (AvgIpc) is 2.14. The van der Waals surface area contributed by atoms with Crippen molar-refractivity contribution < 1.29 is 4.74 Å². The summed E-state index contributed by atoms with van der Waals surface area (Å²) in [6, 6.07) is 0.0618. The molecule has 1 aliphatic heterocycles. The molecule has 15 heavy (non-hydrogen) atoms. The maximum Gasteiger partial charge on any atom is 0.266 e. The van der Waals surface area contributed by atoms with Crippen molar-refractivity contribution >= 4 is 40.7 Å². The van der Waals surface area contributed by atoms with Gasteiger partial charge in [-0.3, -0.25) is 0 Å². The summed E-state index contributed by atoms with van der Waals surface area (Å²) in [7, 11) is 0. The molecule has 5 heteroatoms. The van der Waals surface area contributed by atoms with E-state index in [0.29, 0.717) is 12.5 Å². The SMILES string of the molecule is CC(C)/C=C/C1CCOC(C(Cl)(Cl)Cl)=N1.